The minimum absolute atomic E-state index is 0.0240. The van der Waals surface area contributed by atoms with Crippen molar-refractivity contribution in [1.29, 1.82) is 0 Å². The van der Waals surface area contributed by atoms with Crippen molar-refractivity contribution in [2.75, 3.05) is 0 Å². The summed E-state index contributed by atoms with van der Waals surface area (Å²) in [6.45, 7) is 1.52. The Labute approximate surface area is 123 Å². The molecule has 0 unspecified atom stereocenters. The number of carboxylic acid groups (broad SMARTS) is 1. The lowest BCUT2D eigenvalue weighted by Crippen LogP contribution is -2.03. The van der Waals surface area contributed by atoms with E-state index in [1.165, 1.54) is 25.4 Å². The minimum Gasteiger partial charge on any atom is -0.478 e. The van der Waals surface area contributed by atoms with Crippen molar-refractivity contribution in [2.24, 2.45) is 0 Å². The van der Waals surface area contributed by atoms with E-state index in [9.17, 15) is 14.9 Å². The normalized spacial score (nSPS) is 10.2. The standard InChI is InChI=1S/C12H8ClN3O5/c1-6-9(12(17)18)3-8(5-14-6)21-11-10(16(19)20)2-7(13)4-15-11/h2-5H,1H3,(H,17,18). The number of halogens is 1. The van der Waals surface area contributed by atoms with Crippen LogP contribution in [0.15, 0.2) is 24.5 Å². The molecule has 2 heterocycles. The fraction of sp³-hybridized carbons (Fsp3) is 0.0833. The summed E-state index contributed by atoms with van der Waals surface area (Å²) in [6.07, 6.45) is 2.44. The zero-order valence-electron chi connectivity index (χ0n) is 10.6. The second-order valence-corrected chi connectivity index (χ2v) is 4.38. The van der Waals surface area contributed by atoms with E-state index in [1.807, 2.05) is 0 Å². The van der Waals surface area contributed by atoms with Crippen molar-refractivity contribution in [1.82, 2.24) is 9.97 Å². The molecule has 108 valence electrons. The molecule has 9 heteroatoms. The van der Waals surface area contributed by atoms with E-state index in [4.69, 9.17) is 21.4 Å². The van der Waals surface area contributed by atoms with Gasteiger partial charge in [-0.2, -0.15) is 0 Å². The maximum Gasteiger partial charge on any atom is 0.337 e. The van der Waals surface area contributed by atoms with Crippen LogP contribution < -0.4 is 4.74 Å². The van der Waals surface area contributed by atoms with Crippen LogP contribution in [0.5, 0.6) is 11.6 Å². The first kappa shape index (κ1) is 14.7. The third-order valence-corrected chi connectivity index (χ3v) is 2.71. The van der Waals surface area contributed by atoms with E-state index < -0.39 is 16.6 Å². The Hall–Kier alpha value is -2.74. The molecule has 0 aromatic carbocycles. The average Bonchev–Trinajstić information content (AvgIpc) is 2.42. The first-order chi connectivity index (χ1) is 9.88. The fourth-order valence-electron chi connectivity index (χ4n) is 1.52. The lowest BCUT2D eigenvalue weighted by atomic mass is 10.2. The molecule has 0 aliphatic heterocycles. The fourth-order valence-corrected chi connectivity index (χ4v) is 1.68. The van der Waals surface area contributed by atoms with Crippen LogP contribution in [0.25, 0.3) is 0 Å². The van der Waals surface area contributed by atoms with Crippen molar-refractivity contribution in [3.8, 4) is 11.6 Å². The van der Waals surface area contributed by atoms with E-state index >= 15 is 0 Å². The Morgan fingerprint density at radius 2 is 2.10 bits per heavy atom. The highest BCUT2D eigenvalue weighted by atomic mass is 35.5. The molecule has 1 N–H and O–H groups in total. The van der Waals surface area contributed by atoms with Gasteiger partial charge in [0.05, 0.1) is 33.6 Å². The van der Waals surface area contributed by atoms with Gasteiger partial charge >= 0.3 is 11.7 Å². The monoisotopic (exact) mass is 309 g/mol. The van der Waals surface area contributed by atoms with E-state index in [-0.39, 0.29) is 22.2 Å². The van der Waals surface area contributed by atoms with Crippen molar-refractivity contribution in [3.05, 3.63) is 50.9 Å². The van der Waals surface area contributed by atoms with Crippen LogP contribution in [0.4, 0.5) is 5.69 Å². The number of nitro groups is 1. The molecule has 2 aromatic heterocycles. The topological polar surface area (TPSA) is 115 Å². The van der Waals surface area contributed by atoms with E-state index in [0.717, 1.165) is 6.07 Å². The van der Waals surface area contributed by atoms with Gasteiger partial charge in [-0.05, 0) is 13.0 Å². The van der Waals surface area contributed by atoms with Crippen LogP contribution in [0.2, 0.25) is 5.02 Å². The van der Waals surface area contributed by atoms with Crippen molar-refractivity contribution in [3.63, 3.8) is 0 Å². The number of hydrogen-bond acceptors (Lipinski definition) is 6. The predicted octanol–water partition coefficient (Wildman–Crippen LogP) is 2.84. The van der Waals surface area contributed by atoms with Crippen molar-refractivity contribution in [2.45, 2.75) is 6.92 Å². The lowest BCUT2D eigenvalue weighted by molar-refractivity contribution is -0.386. The molecule has 0 radical (unpaired) electrons. The van der Waals surface area contributed by atoms with E-state index in [2.05, 4.69) is 9.97 Å². The Kier molecular flexibility index (Phi) is 3.99. The SMILES string of the molecule is Cc1ncc(Oc2ncc(Cl)cc2[N+](=O)[O-])cc1C(=O)O. The molecule has 0 bridgehead atoms. The molecule has 2 aromatic rings. The van der Waals surface area contributed by atoms with Gasteiger partial charge in [-0.1, -0.05) is 11.6 Å². The molecule has 0 spiro atoms. The van der Waals surface area contributed by atoms with Gasteiger partial charge in [0.1, 0.15) is 5.75 Å². The van der Waals surface area contributed by atoms with E-state index in [0.29, 0.717) is 5.69 Å². The number of nitrogens with zero attached hydrogens (tertiary/aromatic N) is 3. The Morgan fingerprint density at radius 1 is 1.38 bits per heavy atom. The largest absolute Gasteiger partial charge is 0.478 e. The Morgan fingerprint density at radius 3 is 2.71 bits per heavy atom. The number of aromatic nitrogens is 2. The van der Waals surface area contributed by atoms with Gasteiger partial charge in [0.25, 0.3) is 5.88 Å². The van der Waals surface area contributed by atoms with Gasteiger partial charge in [0.15, 0.2) is 0 Å². The highest BCUT2D eigenvalue weighted by Gasteiger charge is 2.19. The summed E-state index contributed by atoms with van der Waals surface area (Å²) in [5.74, 6) is -1.45. The molecule has 0 aliphatic carbocycles. The zero-order valence-corrected chi connectivity index (χ0v) is 11.4. The van der Waals surface area contributed by atoms with Crippen LogP contribution in [0, 0.1) is 17.0 Å². The summed E-state index contributed by atoms with van der Waals surface area (Å²) in [5, 5.41) is 20.0. The van der Waals surface area contributed by atoms with Crippen LogP contribution in [0.3, 0.4) is 0 Å². The molecule has 0 saturated carbocycles. The summed E-state index contributed by atoms with van der Waals surface area (Å²) in [7, 11) is 0. The van der Waals surface area contributed by atoms with E-state index in [1.54, 1.807) is 0 Å². The lowest BCUT2D eigenvalue weighted by Gasteiger charge is -2.07. The third-order valence-electron chi connectivity index (χ3n) is 2.50. The average molecular weight is 310 g/mol. The summed E-state index contributed by atoms with van der Waals surface area (Å²) >= 11 is 5.64. The molecule has 21 heavy (non-hydrogen) atoms. The van der Waals surface area contributed by atoms with Crippen molar-refractivity contribution < 1.29 is 19.6 Å². The molecule has 0 fully saturated rings. The highest BCUT2D eigenvalue weighted by Crippen LogP contribution is 2.31. The van der Waals surface area contributed by atoms with Gasteiger partial charge in [-0.3, -0.25) is 15.1 Å². The number of rotatable bonds is 4. The quantitative estimate of drug-likeness (QED) is 0.681. The molecule has 2 rings (SSSR count). The number of ether oxygens (including phenoxy) is 1. The minimum atomic E-state index is -1.18. The number of carboxylic acids is 1. The maximum absolute atomic E-state index is 11.0. The number of carbonyl (C=O) groups is 1. The second kappa shape index (κ2) is 5.71. The summed E-state index contributed by atoms with van der Waals surface area (Å²) in [4.78, 5) is 28.8. The van der Waals surface area contributed by atoms with Crippen LogP contribution in [-0.2, 0) is 0 Å². The zero-order chi connectivity index (χ0) is 15.6. The second-order valence-electron chi connectivity index (χ2n) is 3.95. The predicted molar refractivity (Wildman–Crippen MR) is 71.9 cm³/mol. The molecule has 0 amide bonds. The summed E-state index contributed by atoms with van der Waals surface area (Å²) in [5.41, 5.74) is -0.197. The van der Waals surface area contributed by atoms with Crippen LogP contribution in [-0.4, -0.2) is 26.0 Å². The molecular weight excluding hydrogens is 302 g/mol. The highest BCUT2D eigenvalue weighted by molar-refractivity contribution is 6.30. The van der Waals surface area contributed by atoms with Gasteiger partial charge in [0, 0.05) is 6.07 Å². The van der Waals surface area contributed by atoms with Crippen LogP contribution >= 0.6 is 11.6 Å². The van der Waals surface area contributed by atoms with Gasteiger partial charge in [-0.25, -0.2) is 9.78 Å². The number of pyridine rings is 2. The Balaban J connectivity index is 2.41. The summed E-state index contributed by atoms with van der Waals surface area (Å²) in [6, 6.07) is 2.30. The van der Waals surface area contributed by atoms with Crippen LogP contribution in [0.1, 0.15) is 16.1 Å². The van der Waals surface area contributed by atoms with Gasteiger partial charge in [0.2, 0.25) is 0 Å². The van der Waals surface area contributed by atoms with Gasteiger partial charge < -0.3 is 9.84 Å². The molecule has 0 atom stereocenters. The van der Waals surface area contributed by atoms with Crippen molar-refractivity contribution >= 4 is 23.3 Å². The molecule has 0 saturated heterocycles. The van der Waals surface area contributed by atoms with Gasteiger partial charge in [-0.15, -0.1) is 0 Å². The third kappa shape index (κ3) is 3.23. The molecule has 0 aliphatic rings. The molecule has 8 nitrogen and oxygen atoms in total. The molecular formula is C12H8ClN3O5. The number of hydrogen-bond donors (Lipinski definition) is 1. The maximum atomic E-state index is 11.0. The Bertz CT molecular complexity index is 735. The smallest absolute Gasteiger partial charge is 0.337 e. The summed E-state index contributed by atoms with van der Waals surface area (Å²) < 4.78 is 5.23. The number of aromatic carboxylic acids is 1. The number of aryl methyl sites for hydroxylation is 1. The first-order valence-electron chi connectivity index (χ1n) is 5.56. The first-order valence-corrected chi connectivity index (χ1v) is 5.94.